The number of halogens is 3. The molecule has 1 saturated heterocycles. The maximum absolute atomic E-state index is 12.9. The molecule has 0 radical (unpaired) electrons. The summed E-state index contributed by atoms with van der Waals surface area (Å²) >= 11 is 0. The first-order valence-corrected chi connectivity index (χ1v) is 9.94. The van der Waals surface area contributed by atoms with Gasteiger partial charge in [0.1, 0.15) is 17.9 Å². The number of anilines is 1. The Kier molecular flexibility index (Phi) is 5.66. The molecular formula is C23H22F3NO4. The molecule has 164 valence electrons. The highest BCUT2D eigenvalue weighted by molar-refractivity contribution is 5.84. The Morgan fingerprint density at radius 2 is 1.81 bits per heavy atom. The lowest BCUT2D eigenvalue weighted by Crippen LogP contribution is -2.37. The molecule has 31 heavy (non-hydrogen) atoms. The van der Waals surface area contributed by atoms with Crippen molar-refractivity contribution in [1.82, 2.24) is 0 Å². The Morgan fingerprint density at radius 3 is 2.52 bits per heavy atom. The summed E-state index contributed by atoms with van der Waals surface area (Å²) in [5, 5.41) is 0.443. The molecule has 8 heteroatoms. The van der Waals surface area contributed by atoms with Gasteiger partial charge in [-0.2, -0.15) is 13.2 Å². The fraction of sp³-hybridized carbons (Fsp3) is 0.348. The zero-order chi connectivity index (χ0) is 22.2. The first-order chi connectivity index (χ1) is 14.8. The van der Waals surface area contributed by atoms with Gasteiger partial charge in [-0.15, -0.1) is 0 Å². The second-order valence-corrected chi connectivity index (χ2v) is 7.51. The fourth-order valence-electron chi connectivity index (χ4n) is 3.68. The van der Waals surface area contributed by atoms with E-state index in [1.165, 1.54) is 6.07 Å². The van der Waals surface area contributed by atoms with Crippen molar-refractivity contribution in [3.63, 3.8) is 0 Å². The third-order valence-corrected chi connectivity index (χ3v) is 5.41. The van der Waals surface area contributed by atoms with Crippen LogP contribution in [0.15, 0.2) is 45.6 Å². The molecule has 0 N–H and O–H groups in total. The van der Waals surface area contributed by atoms with Crippen molar-refractivity contribution < 1.29 is 27.1 Å². The van der Waals surface area contributed by atoms with Crippen LogP contribution in [0.25, 0.3) is 11.0 Å². The number of aryl methyl sites for hydroxylation is 1. The number of hydrogen-bond acceptors (Lipinski definition) is 5. The van der Waals surface area contributed by atoms with E-state index in [1.54, 1.807) is 32.0 Å². The number of morpholine rings is 1. The SMILES string of the molecule is Cc1c(N2CCOCC2)oc2c(C)c(OCc3cccc(C(F)(F)F)c3)ccc2c1=O. The maximum atomic E-state index is 12.9. The summed E-state index contributed by atoms with van der Waals surface area (Å²) in [5.74, 6) is 0.962. The molecule has 0 aliphatic carbocycles. The van der Waals surface area contributed by atoms with Crippen LogP contribution in [0.1, 0.15) is 22.3 Å². The summed E-state index contributed by atoms with van der Waals surface area (Å²) in [4.78, 5) is 14.9. The predicted molar refractivity (Wildman–Crippen MR) is 111 cm³/mol. The Labute approximate surface area is 177 Å². The van der Waals surface area contributed by atoms with E-state index in [2.05, 4.69) is 0 Å². The van der Waals surface area contributed by atoms with Crippen LogP contribution in [0.2, 0.25) is 0 Å². The number of fused-ring (bicyclic) bond motifs is 1. The summed E-state index contributed by atoms with van der Waals surface area (Å²) in [6, 6.07) is 8.30. The van der Waals surface area contributed by atoms with Gasteiger partial charge in [-0.05, 0) is 43.7 Å². The molecule has 2 heterocycles. The lowest BCUT2D eigenvalue weighted by molar-refractivity contribution is -0.137. The summed E-state index contributed by atoms with van der Waals surface area (Å²) in [6.07, 6.45) is -4.41. The van der Waals surface area contributed by atoms with Crippen LogP contribution in [0.4, 0.5) is 19.1 Å². The number of alkyl halides is 3. The van der Waals surface area contributed by atoms with Crippen molar-refractivity contribution in [3.8, 4) is 5.75 Å². The normalized spacial score (nSPS) is 14.8. The van der Waals surface area contributed by atoms with Crippen molar-refractivity contribution in [3.05, 3.63) is 68.9 Å². The Hall–Kier alpha value is -3.00. The quantitative estimate of drug-likeness (QED) is 0.589. The molecule has 0 unspecified atom stereocenters. The van der Waals surface area contributed by atoms with Crippen LogP contribution in [0.5, 0.6) is 5.75 Å². The minimum absolute atomic E-state index is 0.0390. The van der Waals surface area contributed by atoms with Crippen LogP contribution >= 0.6 is 0 Å². The molecule has 0 amide bonds. The summed E-state index contributed by atoms with van der Waals surface area (Å²) < 4.78 is 56.1. The van der Waals surface area contributed by atoms with E-state index in [4.69, 9.17) is 13.9 Å². The Balaban J connectivity index is 1.66. The van der Waals surface area contributed by atoms with Gasteiger partial charge in [0.15, 0.2) is 5.43 Å². The van der Waals surface area contributed by atoms with Crippen molar-refractivity contribution in [2.45, 2.75) is 26.6 Å². The third-order valence-electron chi connectivity index (χ3n) is 5.41. The van der Waals surface area contributed by atoms with Crippen molar-refractivity contribution in [2.24, 2.45) is 0 Å². The van der Waals surface area contributed by atoms with Crippen molar-refractivity contribution in [2.75, 3.05) is 31.2 Å². The highest BCUT2D eigenvalue weighted by Gasteiger charge is 2.30. The predicted octanol–water partition coefficient (Wildman–Crippen LogP) is 4.84. The zero-order valence-corrected chi connectivity index (χ0v) is 17.2. The molecule has 1 aliphatic heterocycles. The number of hydrogen-bond donors (Lipinski definition) is 0. The van der Waals surface area contributed by atoms with Crippen molar-refractivity contribution >= 4 is 16.9 Å². The fourth-order valence-corrected chi connectivity index (χ4v) is 3.68. The first-order valence-electron chi connectivity index (χ1n) is 9.94. The van der Waals surface area contributed by atoms with Gasteiger partial charge in [-0.1, -0.05) is 12.1 Å². The van der Waals surface area contributed by atoms with Gasteiger partial charge in [0.2, 0.25) is 5.88 Å². The largest absolute Gasteiger partial charge is 0.488 e. The van der Waals surface area contributed by atoms with E-state index in [1.807, 2.05) is 4.90 Å². The zero-order valence-electron chi connectivity index (χ0n) is 17.2. The van der Waals surface area contributed by atoms with E-state index in [0.29, 0.717) is 65.6 Å². The minimum Gasteiger partial charge on any atom is -0.488 e. The molecule has 1 fully saturated rings. The van der Waals surface area contributed by atoms with Gasteiger partial charge >= 0.3 is 6.18 Å². The van der Waals surface area contributed by atoms with Crippen LogP contribution < -0.4 is 15.1 Å². The maximum Gasteiger partial charge on any atom is 0.416 e. The highest BCUT2D eigenvalue weighted by Crippen LogP contribution is 2.32. The Morgan fingerprint density at radius 1 is 1.06 bits per heavy atom. The summed E-state index contributed by atoms with van der Waals surface area (Å²) in [6.45, 7) is 5.83. The van der Waals surface area contributed by atoms with Gasteiger partial charge in [0.25, 0.3) is 0 Å². The molecule has 1 aliphatic rings. The smallest absolute Gasteiger partial charge is 0.416 e. The molecule has 0 spiro atoms. The molecule has 1 aromatic heterocycles. The van der Waals surface area contributed by atoms with E-state index in [9.17, 15) is 18.0 Å². The van der Waals surface area contributed by atoms with Crippen LogP contribution in [0.3, 0.4) is 0 Å². The van der Waals surface area contributed by atoms with Gasteiger partial charge < -0.3 is 18.8 Å². The molecule has 3 aromatic rings. The standard InChI is InChI=1S/C23H22F3NO4/c1-14-19(30-13-16-4-3-5-17(12-16)23(24,25)26)7-6-18-20(28)15(2)22(31-21(14)18)27-8-10-29-11-9-27/h3-7,12H,8-11,13H2,1-2H3. The number of nitrogens with zero attached hydrogens (tertiary/aromatic N) is 1. The van der Waals surface area contributed by atoms with Crippen LogP contribution in [-0.2, 0) is 17.5 Å². The number of ether oxygens (including phenoxy) is 2. The van der Waals surface area contributed by atoms with Gasteiger partial charge in [0, 0.05) is 18.7 Å². The van der Waals surface area contributed by atoms with E-state index < -0.39 is 11.7 Å². The second-order valence-electron chi connectivity index (χ2n) is 7.51. The van der Waals surface area contributed by atoms with Crippen LogP contribution in [-0.4, -0.2) is 26.3 Å². The third kappa shape index (κ3) is 4.25. The van der Waals surface area contributed by atoms with E-state index >= 15 is 0 Å². The molecule has 0 bridgehead atoms. The number of benzene rings is 2. The number of rotatable bonds is 4. The summed E-state index contributed by atoms with van der Waals surface area (Å²) in [7, 11) is 0. The molecular weight excluding hydrogens is 411 g/mol. The monoisotopic (exact) mass is 433 g/mol. The Bertz CT molecular complexity index is 1160. The van der Waals surface area contributed by atoms with Gasteiger partial charge in [0.05, 0.1) is 29.7 Å². The van der Waals surface area contributed by atoms with E-state index in [-0.39, 0.29) is 12.0 Å². The van der Waals surface area contributed by atoms with Gasteiger partial charge in [-0.3, -0.25) is 4.79 Å². The van der Waals surface area contributed by atoms with Gasteiger partial charge in [-0.25, -0.2) is 0 Å². The molecule has 2 aromatic carbocycles. The molecule has 0 atom stereocenters. The summed E-state index contributed by atoms with van der Waals surface area (Å²) in [5.41, 5.74) is 1.13. The lowest BCUT2D eigenvalue weighted by atomic mass is 10.1. The molecule has 5 nitrogen and oxygen atoms in total. The molecule has 4 rings (SSSR count). The topological polar surface area (TPSA) is 51.9 Å². The molecule has 0 saturated carbocycles. The minimum atomic E-state index is -4.41. The average Bonchev–Trinajstić information content (AvgIpc) is 2.76. The lowest BCUT2D eigenvalue weighted by Gasteiger charge is -2.28. The first kappa shape index (κ1) is 21.2. The van der Waals surface area contributed by atoms with E-state index in [0.717, 1.165) is 12.1 Å². The average molecular weight is 433 g/mol. The second kappa shape index (κ2) is 8.26. The highest BCUT2D eigenvalue weighted by atomic mass is 19.4. The van der Waals surface area contributed by atoms with Crippen LogP contribution in [0, 0.1) is 13.8 Å². The van der Waals surface area contributed by atoms with Crippen molar-refractivity contribution in [1.29, 1.82) is 0 Å².